The third kappa shape index (κ3) is 2.51. The summed E-state index contributed by atoms with van der Waals surface area (Å²) >= 11 is 0.785. The highest BCUT2D eigenvalue weighted by molar-refractivity contribution is 7.99. The second-order valence-electron chi connectivity index (χ2n) is 3.58. The molecular weight excluding hydrogens is 290 g/mol. The number of aromatic amines is 1. The molecule has 20 heavy (non-hydrogen) atoms. The molecule has 0 radical (unpaired) electrons. The maximum absolute atomic E-state index is 11.2. The van der Waals surface area contributed by atoms with Crippen LogP contribution in [-0.2, 0) is 7.05 Å². The summed E-state index contributed by atoms with van der Waals surface area (Å²) in [5, 5.41) is 25.7. The van der Waals surface area contributed by atoms with Crippen molar-refractivity contribution in [2.45, 2.75) is 10.2 Å². The minimum Gasteiger partial charge on any atom is -0.478 e. The molecule has 0 fully saturated rings. The Morgan fingerprint density at radius 3 is 2.80 bits per heavy atom. The minimum absolute atomic E-state index is 0.0536. The van der Waals surface area contributed by atoms with Gasteiger partial charge < -0.3 is 5.11 Å². The summed E-state index contributed by atoms with van der Waals surface area (Å²) in [6.07, 6.45) is 1.00. The first-order chi connectivity index (χ1) is 9.40. The lowest BCUT2D eigenvalue weighted by atomic mass is 10.3. The SMILES string of the molecule is Cn1c(Sc2ncc(C(=O)O)cc2[N+](=O)[O-])n[nH]c1=O. The molecule has 2 aromatic heterocycles. The predicted octanol–water partition coefficient (Wildman–Crippen LogP) is 0.261. The predicted molar refractivity (Wildman–Crippen MR) is 65.8 cm³/mol. The largest absolute Gasteiger partial charge is 0.478 e. The average Bonchev–Trinajstić information content (AvgIpc) is 2.70. The normalized spacial score (nSPS) is 10.4. The van der Waals surface area contributed by atoms with E-state index in [4.69, 9.17) is 5.11 Å². The van der Waals surface area contributed by atoms with E-state index in [1.54, 1.807) is 0 Å². The molecule has 2 N–H and O–H groups in total. The molecule has 0 amide bonds. The number of nitro groups is 1. The molecule has 0 aliphatic rings. The van der Waals surface area contributed by atoms with E-state index in [0.717, 1.165) is 28.6 Å². The maximum atomic E-state index is 11.2. The van der Waals surface area contributed by atoms with E-state index in [2.05, 4.69) is 15.2 Å². The summed E-state index contributed by atoms with van der Waals surface area (Å²) in [7, 11) is 1.44. The summed E-state index contributed by atoms with van der Waals surface area (Å²) < 4.78 is 1.15. The second kappa shape index (κ2) is 5.13. The number of H-pyrrole nitrogens is 1. The van der Waals surface area contributed by atoms with Crippen LogP contribution >= 0.6 is 11.8 Å². The van der Waals surface area contributed by atoms with Crippen LogP contribution in [0, 0.1) is 10.1 Å². The molecule has 11 heteroatoms. The van der Waals surface area contributed by atoms with Crippen LogP contribution in [0.1, 0.15) is 10.4 Å². The van der Waals surface area contributed by atoms with Crippen LogP contribution in [0.2, 0.25) is 0 Å². The highest BCUT2D eigenvalue weighted by atomic mass is 32.2. The van der Waals surface area contributed by atoms with Crippen molar-refractivity contribution in [3.05, 3.63) is 38.4 Å². The molecule has 0 aliphatic heterocycles. The number of rotatable bonds is 4. The van der Waals surface area contributed by atoms with Crippen LogP contribution in [0.5, 0.6) is 0 Å². The van der Waals surface area contributed by atoms with Crippen molar-refractivity contribution in [3.8, 4) is 0 Å². The quantitative estimate of drug-likeness (QED) is 0.604. The number of carbonyl (C=O) groups is 1. The number of aromatic carboxylic acids is 1. The summed E-state index contributed by atoms with van der Waals surface area (Å²) in [4.78, 5) is 35.9. The molecule has 2 aromatic rings. The van der Waals surface area contributed by atoms with Crippen molar-refractivity contribution in [1.29, 1.82) is 0 Å². The standard InChI is InChI=1S/C9H7N5O5S/c1-13-8(17)11-12-9(13)20-6-5(14(18)19)2-4(3-10-6)7(15)16/h2-3H,1H3,(H,11,17)(H,15,16). The maximum Gasteiger partial charge on any atom is 0.343 e. The molecular formula is C9H7N5O5S. The molecule has 0 saturated heterocycles. The molecule has 0 aromatic carbocycles. The van der Waals surface area contributed by atoms with Gasteiger partial charge in [0.15, 0.2) is 10.2 Å². The molecule has 0 unspecified atom stereocenters. The average molecular weight is 297 g/mol. The van der Waals surface area contributed by atoms with Gasteiger partial charge in [0.05, 0.1) is 10.5 Å². The zero-order valence-electron chi connectivity index (χ0n) is 9.93. The van der Waals surface area contributed by atoms with Crippen LogP contribution < -0.4 is 5.69 Å². The van der Waals surface area contributed by atoms with Gasteiger partial charge in [-0.25, -0.2) is 19.7 Å². The fraction of sp³-hybridized carbons (Fsp3) is 0.111. The number of nitrogens with one attached hydrogen (secondary N) is 1. The Hall–Kier alpha value is -2.69. The van der Waals surface area contributed by atoms with Crippen molar-refractivity contribution in [1.82, 2.24) is 19.7 Å². The van der Waals surface area contributed by atoms with E-state index in [9.17, 15) is 19.7 Å². The number of carboxylic acid groups (broad SMARTS) is 1. The van der Waals surface area contributed by atoms with Gasteiger partial charge in [0.2, 0.25) is 0 Å². The molecule has 2 heterocycles. The van der Waals surface area contributed by atoms with E-state index in [0.29, 0.717) is 0 Å². The lowest BCUT2D eigenvalue weighted by Gasteiger charge is -2.02. The van der Waals surface area contributed by atoms with Gasteiger partial charge in [-0.05, 0) is 11.8 Å². The van der Waals surface area contributed by atoms with Crippen molar-refractivity contribution >= 4 is 23.4 Å². The van der Waals surface area contributed by atoms with E-state index >= 15 is 0 Å². The van der Waals surface area contributed by atoms with E-state index < -0.39 is 22.3 Å². The molecule has 104 valence electrons. The van der Waals surface area contributed by atoms with Crippen LogP contribution in [0.15, 0.2) is 27.2 Å². The smallest absolute Gasteiger partial charge is 0.343 e. The van der Waals surface area contributed by atoms with Crippen molar-refractivity contribution < 1.29 is 14.8 Å². The number of hydrogen-bond donors (Lipinski definition) is 2. The molecule has 0 spiro atoms. The number of hydrogen-bond acceptors (Lipinski definition) is 7. The van der Waals surface area contributed by atoms with Crippen LogP contribution in [0.25, 0.3) is 0 Å². The topological polar surface area (TPSA) is 144 Å². The van der Waals surface area contributed by atoms with Gasteiger partial charge in [-0.3, -0.25) is 14.7 Å². The molecule has 10 nitrogen and oxygen atoms in total. The second-order valence-corrected chi connectivity index (χ2v) is 4.54. The van der Waals surface area contributed by atoms with Crippen molar-refractivity contribution in [3.63, 3.8) is 0 Å². The first-order valence-electron chi connectivity index (χ1n) is 5.07. The Bertz CT molecular complexity index is 751. The minimum atomic E-state index is -1.32. The van der Waals surface area contributed by atoms with Gasteiger partial charge in [0.1, 0.15) is 0 Å². The summed E-state index contributed by atoms with van der Waals surface area (Å²) in [6, 6.07) is 0.905. The van der Waals surface area contributed by atoms with Gasteiger partial charge >= 0.3 is 17.3 Å². The third-order valence-electron chi connectivity index (χ3n) is 2.30. The van der Waals surface area contributed by atoms with E-state index in [-0.39, 0.29) is 15.7 Å². The van der Waals surface area contributed by atoms with Crippen LogP contribution in [0.3, 0.4) is 0 Å². The summed E-state index contributed by atoms with van der Waals surface area (Å²) in [6.45, 7) is 0. The van der Waals surface area contributed by atoms with Crippen LogP contribution in [-0.4, -0.2) is 35.7 Å². The Labute approximate surface area is 114 Å². The highest BCUT2D eigenvalue weighted by Gasteiger charge is 2.21. The number of pyridine rings is 1. The fourth-order valence-electron chi connectivity index (χ4n) is 1.28. The Morgan fingerprint density at radius 1 is 1.60 bits per heavy atom. The van der Waals surface area contributed by atoms with Crippen molar-refractivity contribution in [2.24, 2.45) is 7.05 Å². The van der Waals surface area contributed by atoms with Gasteiger partial charge in [0, 0.05) is 19.3 Å². The number of nitrogens with zero attached hydrogens (tertiary/aromatic N) is 4. The first kappa shape index (κ1) is 13.7. The molecule has 0 aliphatic carbocycles. The van der Waals surface area contributed by atoms with Gasteiger partial charge in [-0.2, -0.15) is 0 Å². The molecule has 0 atom stereocenters. The molecule has 2 rings (SSSR count). The lowest BCUT2D eigenvalue weighted by Crippen LogP contribution is -2.13. The van der Waals surface area contributed by atoms with Gasteiger partial charge in [0.25, 0.3) is 0 Å². The van der Waals surface area contributed by atoms with E-state index in [1.165, 1.54) is 7.05 Å². The Morgan fingerprint density at radius 2 is 2.30 bits per heavy atom. The summed E-state index contributed by atoms with van der Waals surface area (Å²) in [5.74, 6) is -1.32. The van der Waals surface area contributed by atoms with Crippen molar-refractivity contribution in [2.75, 3.05) is 0 Å². The van der Waals surface area contributed by atoms with Gasteiger partial charge in [-0.1, -0.05) is 0 Å². The highest BCUT2D eigenvalue weighted by Crippen LogP contribution is 2.31. The molecule has 0 bridgehead atoms. The monoisotopic (exact) mass is 297 g/mol. The number of aromatic nitrogens is 4. The van der Waals surface area contributed by atoms with Crippen LogP contribution in [0.4, 0.5) is 5.69 Å². The lowest BCUT2D eigenvalue weighted by molar-refractivity contribution is -0.388. The molecule has 0 saturated carbocycles. The zero-order chi connectivity index (χ0) is 14.9. The zero-order valence-corrected chi connectivity index (χ0v) is 10.7. The van der Waals surface area contributed by atoms with E-state index in [1.807, 2.05) is 0 Å². The first-order valence-corrected chi connectivity index (χ1v) is 5.88. The Balaban J connectivity index is 2.46. The number of carboxylic acids is 1. The third-order valence-corrected chi connectivity index (χ3v) is 3.36. The fourth-order valence-corrected chi connectivity index (χ4v) is 2.10. The Kier molecular flexibility index (Phi) is 3.52. The summed E-state index contributed by atoms with van der Waals surface area (Å²) in [5.41, 5.74) is -1.24. The van der Waals surface area contributed by atoms with Gasteiger partial charge in [-0.15, -0.1) is 5.10 Å².